The minimum atomic E-state index is -0.496. The summed E-state index contributed by atoms with van der Waals surface area (Å²) in [5.41, 5.74) is 0.391. The van der Waals surface area contributed by atoms with Crippen molar-refractivity contribution in [2.24, 2.45) is 5.92 Å². The van der Waals surface area contributed by atoms with Crippen LogP contribution in [-0.2, 0) is 11.3 Å². The van der Waals surface area contributed by atoms with E-state index in [1.165, 1.54) is 0 Å². The quantitative estimate of drug-likeness (QED) is 0.733. The molecule has 1 aliphatic rings. The van der Waals surface area contributed by atoms with Crippen LogP contribution in [0, 0.1) is 12.8 Å². The molecule has 0 saturated heterocycles. The molecule has 1 aromatic heterocycles. The minimum absolute atomic E-state index is 0.319. The summed E-state index contributed by atoms with van der Waals surface area (Å²) < 4.78 is 8.21. The van der Waals surface area contributed by atoms with Gasteiger partial charge in [-0.1, -0.05) is 6.92 Å². The van der Waals surface area contributed by atoms with Crippen molar-refractivity contribution in [2.75, 3.05) is 11.4 Å². The predicted octanol–water partition coefficient (Wildman–Crippen LogP) is 3.35. The van der Waals surface area contributed by atoms with Crippen molar-refractivity contribution in [3.8, 4) is 0 Å². The first-order valence-electron chi connectivity index (χ1n) is 6.42. The number of hydrogen-bond acceptors (Lipinski definition) is 3. The minimum Gasteiger partial charge on any atom is -0.443 e. The highest BCUT2D eigenvalue weighted by molar-refractivity contribution is 9.10. The number of rotatable bonds is 0. The first-order chi connectivity index (χ1) is 8.69. The summed E-state index contributed by atoms with van der Waals surface area (Å²) in [7, 11) is 0. The lowest BCUT2D eigenvalue weighted by molar-refractivity contribution is 0.0564. The van der Waals surface area contributed by atoms with Gasteiger partial charge in [0, 0.05) is 13.1 Å². The van der Waals surface area contributed by atoms with Gasteiger partial charge in [0.1, 0.15) is 5.60 Å². The second-order valence-corrected chi connectivity index (χ2v) is 6.89. The molecule has 1 aromatic rings. The second kappa shape index (κ2) is 4.81. The maximum atomic E-state index is 12.3. The Labute approximate surface area is 122 Å². The summed E-state index contributed by atoms with van der Waals surface area (Å²) >= 11 is 3.51. The maximum absolute atomic E-state index is 12.3. The van der Waals surface area contributed by atoms with Gasteiger partial charge in [0.15, 0.2) is 5.82 Å². The number of halogens is 1. The van der Waals surface area contributed by atoms with Crippen LogP contribution in [0.2, 0.25) is 0 Å². The molecule has 0 spiro atoms. The molecule has 2 rings (SSSR count). The summed E-state index contributed by atoms with van der Waals surface area (Å²) in [5.74, 6) is 1.15. The molecule has 5 nitrogen and oxygen atoms in total. The smallest absolute Gasteiger partial charge is 0.416 e. The van der Waals surface area contributed by atoms with Crippen LogP contribution in [0.3, 0.4) is 0 Å². The van der Waals surface area contributed by atoms with E-state index in [0.29, 0.717) is 12.5 Å². The molecule has 0 bridgehead atoms. The van der Waals surface area contributed by atoms with Crippen LogP contribution in [0.1, 0.15) is 33.4 Å². The number of carbonyl (C=O) groups is 1. The van der Waals surface area contributed by atoms with Crippen LogP contribution in [0.5, 0.6) is 0 Å². The van der Waals surface area contributed by atoms with Gasteiger partial charge in [-0.3, -0.25) is 4.90 Å². The number of nitrogens with zero attached hydrogens (tertiary/aromatic N) is 3. The van der Waals surface area contributed by atoms with E-state index in [-0.39, 0.29) is 6.09 Å². The van der Waals surface area contributed by atoms with Gasteiger partial charge in [0.25, 0.3) is 0 Å². The van der Waals surface area contributed by atoms with Crippen molar-refractivity contribution in [2.45, 2.75) is 46.8 Å². The van der Waals surface area contributed by atoms with Crippen LogP contribution in [0.25, 0.3) is 0 Å². The Bertz CT molecular complexity index is 505. The summed E-state index contributed by atoms with van der Waals surface area (Å²) in [6, 6.07) is 0. The number of anilines is 1. The second-order valence-electron chi connectivity index (χ2n) is 6.10. The zero-order valence-corrected chi connectivity index (χ0v) is 13.6. The molecule has 2 heterocycles. The van der Waals surface area contributed by atoms with Crippen LogP contribution in [0.15, 0.2) is 4.47 Å². The normalized spacial score (nSPS) is 19.3. The van der Waals surface area contributed by atoms with Gasteiger partial charge in [0.05, 0.1) is 10.2 Å². The molecule has 1 atom stereocenters. The molecular weight excluding hydrogens is 310 g/mol. The third-order valence-electron chi connectivity index (χ3n) is 2.88. The number of amides is 1. The first-order valence-corrected chi connectivity index (χ1v) is 7.22. The topological polar surface area (TPSA) is 47.4 Å². The molecule has 0 fully saturated rings. The van der Waals surface area contributed by atoms with Crippen LogP contribution < -0.4 is 4.90 Å². The Morgan fingerprint density at radius 3 is 2.63 bits per heavy atom. The Morgan fingerprint density at radius 2 is 2.05 bits per heavy atom. The molecule has 0 aliphatic carbocycles. The Morgan fingerprint density at radius 1 is 1.42 bits per heavy atom. The van der Waals surface area contributed by atoms with Gasteiger partial charge in [0.2, 0.25) is 0 Å². The average molecular weight is 330 g/mol. The van der Waals surface area contributed by atoms with Crippen molar-refractivity contribution >= 4 is 27.8 Å². The molecule has 0 N–H and O–H groups in total. The van der Waals surface area contributed by atoms with E-state index in [1.54, 1.807) is 4.90 Å². The van der Waals surface area contributed by atoms with Gasteiger partial charge in [-0.25, -0.2) is 9.48 Å². The lowest BCUT2D eigenvalue weighted by atomic mass is 10.1. The van der Waals surface area contributed by atoms with E-state index in [4.69, 9.17) is 4.74 Å². The maximum Gasteiger partial charge on any atom is 0.416 e. The molecule has 0 aromatic carbocycles. The molecule has 1 amide bonds. The van der Waals surface area contributed by atoms with Gasteiger partial charge in [-0.15, -0.1) is 0 Å². The van der Waals surface area contributed by atoms with E-state index in [1.807, 2.05) is 32.4 Å². The van der Waals surface area contributed by atoms with Gasteiger partial charge >= 0.3 is 6.09 Å². The lowest BCUT2D eigenvalue weighted by Gasteiger charge is -2.33. The van der Waals surface area contributed by atoms with Crippen LogP contribution >= 0.6 is 15.9 Å². The van der Waals surface area contributed by atoms with E-state index in [0.717, 1.165) is 22.5 Å². The zero-order valence-electron chi connectivity index (χ0n) is 12.0. The molecule has 19 heavy (non-hydrogen) atoms. The average Bonchev–Trinajstić information content (AvgIpc) is 2.51. The molecule has 1 aliphatic heterocycles. The van der Waals surface area contributed by atoms with Crippen molar-refractivity contribution in [3.63, 3.8) is 0 Å². The number of ether oxygens (including phenoxy) is 1. The molecular formula is C13H20BrN3O2. The highest BCUT2D eigenvalue weighted by Gasteiger charge is 2.33. The largest absolute Gasteiger partial charge is 0.443 e. The Hall–Kier alpha value is -1.04. The van der Waals surface area contributed by atoms with Gasteiger partial charge in [-0.05, 0) is 49.5 Å². The highest BCUT2D eigenvalue weighted by atomic mass is 79.9. The summed E-state index contributed by atoms with van der Waals surface area (Å²) in [6.07, 6.45) is -0.319. The molecule has 0 radical (unpaired) electrons. The van der Waals surface area contributed by atoms with Crippen molar-refractivity contribution in [1.82, 2.24) is 9.78 Å². The lowest BCUT2D eigenvalue weighted by Crippen LogP contribution is -2.44. The number of aromatic nitrogens is 2. The molecule has 106 valence electrons. The van der Waals surface area contributed by atoms with Gasteiger partial charge < -0.3 is 4.74 Å². The van der Waals surface area contributed by atoms with Crippen molar-refractivity contribution in [3.05, 3.63) is 10.2 Å². The SMILES string of the molecule is Cc1nn2c(c1Br)N(C(=O)OC(C)(C)C)CC(C)C2. The summed E-state index contributed by atoms with van der Waals surface area (Å²) in [6.45, 7) is 11.1. The zero-order chi connectivity index (χ0) is 14.4. The molecule has 1 unspecified atom stereocenters. The summed E-state index contributed by atoms with van der Waals surface area (Å²) in [4.78, 5) is 14.0. The van der Waals surface area contributed by atoms with E-state index in [9.17, 15) is 4.79 Å². The molecule has 0 saturated carbocycles. The standard InChI is InChI=1S/C13H20BrN3O2/c1-8-6-16(12(18)19-13(3,4)5)11-10(14)9(2)15-17(11)7-8/h8H,6-7H2,1-5H3. The van der Waals surface area contributed by atoms with Crippen LogP contribution in [0.4, 0.5) is 10.6 Å². The predicted molar refractivity (Wildman–Crippen MR) is 77.4 cm³/mol. The van der Waals surface area contributed by atoms with Crippen molar-refractivity contribution < 1.29 is 9.53 Å². The monoisotopic (exact) mass is 329 g/mol. The first kappa shape index (κ1) is 14.4. The fourth-order valence-corrected chi connectivity index (χ4v) is 2.66. The van der Waals surface area contributed by atoms with Crippen LogP contribution in [-0.4, -0.2) is 28.0 Å². The number of hydrogen-bond donors (Lipinski definition) is 0. The fourth-order valence-electron chi connectivity index (χ4n) is 2.16. The molecule has 6 heteroatoms. The van der Waals surface area contributed by atoms with E-state index in [2.05, 4.69) is 28.0 Å². The number of fused-ring (bicyclic) bond motifs is 1. The Balaban J connectivity index is 2.35. The van der Waals surface area contributed by atoms with E-state index < -0.39 is 5.60 Å². The highest BCUT2D eigenvalue weighted by Crippen LogP contribution is 2.34. The summed E-state index contributed by atoms with van der Waals surface area (Å²) in [5, 5.41) is 4.45. The number of aryl methyl sites for hydroxylation is 1. The van der Waals surface area contributed by atoms with Crippen molar-refractivity contribution in [1.29, 1.82) is 0 Å². The number of carbonyl (C=O) groups excluding carboxylic acids is 1. The fraction of sp³-hybridized carbons (Fsp3) is 0.692. The third-order valence-corrected chi connectivity index (χ3v) is 3.81. The Kier molecular flexibility index (Phi) is 3.64. The third kappa shape index (κ3) is 2.94. The van der Waals surface area contributed by atoms with E-state index >= 15 is 0 Å². The van der Waals surface area contributed by atoms with Gasteiger partial charge in [-0.2, -0.15) is 5.10 Å².